The molecule has 2 aromatic heterocycles. The van der Waals surface area contributed by atoms with Crippen LogP contribution in [0.3, 0.4) is 0 Å². The van der Waals surface area contributed by atoms with Gasteiger partial charge >= 0.3 is 0 Å². The van der Waals surface area contributed by atoms with Gasteiger partial charge in [-0.05, 0) is 76.3 Å². The first-order valence-corrected chi connectivity index (χ1v) is 12.5. The summed E-state index contributed by atoms with van der Waals surface area (Å²) in [5.74, 6) is 2.25. The van der Waals surface area contributed by atoms with Crippen molar-refractivity contribution in [3.8, 4) is 0 Å². The number of carbonyl (C=O) groups excluding carboxylic acids is 1. The Hall–Kier alpha value is -2.28. The van der Waals surface area contributed by atoms with E-state index in [1.54, 1.807) is 16.4 Å². The fourth-order valence-electron chi connectivity index (χ4n) is 7.15. The number of hydrogen-bond donors (Lipinski definition) is 0. The maximum Gasteiger partial charge on any atom is 0.252 e. The van der Waals surface area contributed by atoms with Crippen LogP contribution in [0.1, 0.15) is 61.9 Å². The normalized spacial score (nSPS) is 30.1. The third-order valence-corrected chi connectivity index (χ3v) is 8.56. The van der Waals surface area contributed by atoms with Gasteiger partial charge in [0, 0.05) is 36.9 Å². The number of piperidine rings is 3. The second-order valence-corrected chi connectivity index (χ2v) is 10.3. The van der Waals surface area contributed by atoms with Gasteiger partial charge in [-0.3, -0.25) is 9.69 Å². The van der Waals surface area contributed by atoms with Crippen LogP contribution in [0.5, 0.6) is 0 Å². The summed E-state index contributed by atoms with van der Waals surface area (Å²) in [4.78, 5) is 27.3. The zero-order chi connectivity index (χ0) is 21.8. The first kappa shape index (κ1) is 20.3. The van der Waals surface area contributed by atoms with Crippen molar-refractivity contribution in [3.63, 3.8) is 0 Å². The lowest BCUT2D eigenvalue weighted by molar-refractivity contribution is -0.136. The average molecular weight is 435 g/mol. The predicted octanol–water partition coefficient (Wildman–Crippen LogP) is 3.10. The first-order chi connectivity index (χ1) is 15.6. The molecule has 2 aromatic rings. The van der Waals surface area contributed by atoms with E-state index in [4.69, 9.17) is 0 Å². The van der Waals surface area contributed by atoms with Gasteiger partial charge in [0.05, 0.1) is 6.04 Å². The van der Waals surface area contributed by atoms with Crippen molar-refractivity contribution in [2.45, 2.75) is 77.3 Å². The lowest BCUT2D eigenvalue weighted by Crippen LogP contribution is -2.60. The second-order valence-electron chi connectivity index (χ2n) is 10.3. The Balaban J connectivity index is 1.21. The summed E-state index contributed by atoms with van der Waals surface area (Å²) in [6.45, 7) is 7.40. The van der Waals surface area contributed by atoms with Crippen molar-refractivity contribution >= 4 is 11.7 Å². The minimum atomic E-state index is 0.303. The molecule has 5 heterocycles. The van der Waals surface area contributed by atoms with Crippen LogP contribution in [0, 0.1) is 25.7 Å². The van der Waals surface area contributed by atoms with Gasteiger partial charge in [0.25, 0.3) is 5.78 Å². The van der Waals surface area contributed by atoms with E-state index >= 15 is 0 Å². The largest absolute Gasteiger partial charge is 0.336 e. The molecule has 1 aliphatic carbocycles. The van der Waals surface area contributed by atoms with Crippen LogP contribution >= 0.6 is 0 Å². The van der Waals surface area contributed by atoms with Crippen molar-refractivity contribution in [3.05, 3.63) is 34.9 Å². The Morgan fingerprint density at radius 2 is 2.09 bits per heavy atom. The molecule has 0 N–H and O–H groups in total. The molecule has 4 aliphatic rings. The molecule has 2 bridgehead atoms. The Bertz CT molecular complexity index is 1070. The minimum absolute atomic E-state index is 0.303. The van der Waals surface area contributed by atoms with Crippen molar-refractivity contribution in [1.82, 2.24) is 29.4 Å². The zero-order valence-corrected chi connectivity index (χ0v) is 19.3. The van der Waals surface area contributed by atoms with Crippen LogP contribution in [0.4, 0.5) is 0 Å². The van der Waals surface area contributed by atoms with E-state index in [1.165, 1.54) is 45.2 Å². The van der Waals surface area contributed by atoms with E-state index in [0.717, 1.165) is 36.0 Å². The van der Waals surface area contributed by atoms with Gasteiger partial charge in [-0.1, -0.05) is 18.1 Å². The van der Waals surface area contributed by atoms with E-state index in [-0.39, 0.29) is 0 Å². The number of hydrogen-bond acceptors (Lipinski definition) is 5. The van der Waals surface area contributed by atoms with Gasteiger partial charge in [-0.2, -0.15) is 10.1 Å². The van der Waals surface area contributed by atoms with Crippen LogP contribution in [-0.2, 0) is 11.2 Å². The van der Waals surface area contributed by atoms with Gasteiger partial charge in [0.2, 0.25) is 5.91 Å². The maximum absolute atomic E-state index is 13.5. The first-order valence-electron chi connectivity index (χ1n) is 12.5. The fourth-order valence-corrected chi connectivity index (χ4v) is 7.15. The van der Waals surface area contributed by atoms with E-state index in [0.29, 0.717) is 42.4 Å². The van der Waals surface area contributed by atoms with E-state index in [1.807, 2.05) is 6.92 Å². The molecule has 0 radical (unpaired) electrons. The molecule has 3 saturated heterocycles. The van der Waals surface area contributed by atoms with Gasteiger partial charge in [0.1, 0.15) is 6.33 Å². The summed E-state index contributed by atoms with van der Waals surface area (Å²) in [7, 11) is 0. The number of nitrogens with zero attached hydrogens (tertiary/aromatic N) is 6. The van der Waals surface area contributed by atoms with Gasteiger partial charge in [-0.25, -0.2) is 9.50 Å². The average Bonchev–Trinajstić information content (AvgIpc) is 3.27. The zero-order valence-electron chi connectivity index (χ0n) is 19.3. The summed E-state index contributed by atoms with van der Waals surface area (Å²) in [5, 5.41) is 4.29. The lowest BCUT2D eigenvalue weighted by Gasteiger charge is -2.54. The van der Waals surface area contributed by atoms with Crippen molar-refractivity contribution in [2.75, 3.05) is 19.6 Å². The highest BCUT2D eigenvalue weighted by atomic mass is 16.2. The maximum atomic E-state index is 13.5. The highest BCUT2D eigenvalue weighted by Gasteiger charge is 2.46. The highest BCUT2D eigenvalue weighted by Crippen LogP contribution is 2.45. The Morgan fingerprint density at radius 1 is 1.19 bits per heavy atom. The van der Waals surface area contributed by atoms with E-state index in [9.17, 15) is 4.79 Å². The topological polar surface area (TPSA) is 66.6 Å². The molecule has 170 valence electrons. The number of amides is 1. The molecule has 4 unspecified atom stereocenters. The van der Waals surface area contributed by atoms with Crippen LogP contribution in [0.25, 0.3) is 5.78 Å². The number of aryl methyl sites for hydroxylation is 2. The summed E-state index contributed by atoms with van der Waals surface area (Å²) < 4.78 is 1.78. The minimum Gasteiger partial charge on any atom is -0.336 e. The van der Waals surface area contributed by atoms with E-state index in [2.05, 4.69) is 37.9 Å². The molecule has 1 amide bonds. The number of likely N-dealkylation sites (tertiary alicyclic amines) is 1. The lowest BCUT2D eigenvalue weighted by atomic mass is 9.68. The molecule has 3 aliphatic heterocycles. The van der Waals surface area contributed by atoms with Gasteiger partial charge < -0.3 is 4.90 Å². The molecule has 0 spiro atoms. The van der Waals surface area contributed by atoms with Gasteiger partial charge in [0.15, 0.2) is 0 Å². The second kappa shape index (κ2) is 7.94. The number of aromatic nitrogens is 4. The van der Waals surface area contributed by atoms with Crippen molar-refractivity contribution in [1.29, 1.82) is 0 Å². The molecular formula is C25H34N6O. The monoisotopic (exact) mass is 434 g/mol. The molecule has 7 heteroatoms. The van der Waals surface area contributed by atoms with Crippen molar-refractivity contribution < 1.29 is 4.79 Å². The number of carbonyl (C=O) groups is 1. The molecule has 7 nitrogen and oxygen atoms in total. The summed E-state index contributed by atoms with van der Waals surface area (Å²) in [6, 6.07) is 1.08. The summed E-state index contributed by atoms with van der Waals surface area (Å²) >= 11 is 0. The molecule has 3 fully saturated rings. The van der Waals surface area contributed by atoms with Crippen molar-refractivity contribution in [2.24, 2.45) is 11.8 Å². The Kier molecular flexibility index (Phi) is 5.05. The van der Waals surface area contributed by atoms with Crippen LogP contribution in [0.15, 0.2) is 18.0 Å². The molecule has 6 rings (SSSR count). The molecule has 0 saturated carbocycles. The number of fused-ring (bicyclic) bond motifs is 7. The fraction of sp³-hybridized carbons (Fsp3) is 0.680. The molecule has 0 aromatic carbocycles. The third kappa shape index (κ3) is 3.28. The third-order valence-electron chi connectivity index (χ3n) is 8.56. The van der Waals surface area contributed by atoms with Crippen LogP contribution < -0.4 is 0 Å². The molecular weight excluding hydrogens is 400 g/mol. The highest BCUT2D eigenvalue weighted by molar-refractivity contribution is 5.77. The van der Waals surface area contributed by atoms with Crippen LogP contribution in [0.2, 0.25) is 0 Å². The standard InChI is InChI=1S/C25H34N6O/c1-16-21(17(2)31-25(28-16)26-15-27-31)8-9-23(32)30-11-5-6-18-12-19-13-20(24(18)30)14-29-10-4-3-7-22(19)29/h12,15,19-20,22,24H,3-11,13-14H2,1-2H3. The van der Waals surface area contributed by atoms with Gasteiger partial charge in [-0.15, -0.1) is 0 Å². The predicted molar refractivity (Wildman–Crippen MR) is 122 cm³/mol. The van der Waals surface area contributed by atoms with E-state index < -0.39 is 0 Å². The Labute approximate surface area is 189 Å². The summed E-state index contributed by atoms with van der Waals surface area (Å²) in [6.07, 6.45) is 13.0. The molecule has 4 atom stereocenters. The molecule has 32 heavy (non-hydrogen) atoms. The number of rotatable bonds is 3. The SMILES string of the molecule is Cc1nc2ncnn2c(C)c1CCC(=O)N1CCCC2=CC3CC(CN4CCCCC34)C21. The Morgan fingerprint density at radius 3 is 3.00 bits per heavy atom. The smallest absolute Gasteiger partial charge is 0.252 e. The summed E-state index contributed by atoms with van der Waals surface area (Å²) in [5.41, 5.74) is 4.69. The quantitative estimate of drug-likeness (QED) is 0.695. The van der Waals surface area contributed by atoms with Crippen LogP contribution in [-0.4, -0.2) is 67.0 Å².